The molecule has 0 heterocycles. The van der Waals surface area contributed by atoms with Gasteiger partial charge in [0.1, 0.15) is 0 Å². The lowest BCUT2D eigenvalue weighted by atomic mass is 9.96. The van der Waals surface area contributed by atoms with Crippen molar-refractivity contribution in [2.45, 2.75) is 13.3 Å². The van der Waals surface area contributed by atoms with Gasteiger partial charge in [0.25, 0.3) is 0 Å². The molecule has 1 heteroatoms. The van der Waals surface area contributed by atoms with Crippen LogP contribution in [-0.4, -0.2) is 5.78 Å². The Morgan fingerprint density at radius 2 is 1.70 bits per heavy atom. The summed E-state index contributed by atoms with van der Waals surface area (Å²) in [5, 5.41) is 0. The highest BCUT2D eigenvalue weighted by molar-refractivity contribution is 6.13. The fourth-order valence-electron chi connectivity index (χ4n) is 2.76. The highest BCUT2D eigenvalue weighted by Crippen LogP contribution is 2.37. The monoisotopic (exact) mass is 260 g/mol. The molecule has 0 atom stereocenters. The topological polar surface area (TPSA) is 17.1 Å². The van der Waals surface area contributed by atoms with Crippen LogP contribution in [0, 0.1) is 0 Å². The van der Waals surface area contributed by atoms with Crippen molar-refractivity contribution >= 4 is 11.4 Å². The van der Waals surface area contributed by atoms with Gasteiger partial charge in [-0.1, -0.05) is 60.7 Å². The highest BCUT2D eigenvalue weighted by Gasteiger charge is 2.25. The number of allylic oxidation sites excluding steroid dienone is 3. The zero-order chi connectivity index (χ0) is 13.9. The molecule has 0 saturated heterocycles. The van der Waals surface area contributed by atoms with Crippen molar-refractivity contribution in [2.24, 2.45) is 0 Å². The Labute approximate surface area is 119 Å². The van der Waals surface area contributed by atoms with Gasteiger partial charge in [0, 0.05) is 12.0 Å². The summed E-state index contributed by atoms with van der Waals surface area (Å²) >= 11 is 0. The van der Waals surface area contributed by atoms with E-state index in [9.17, 15) is 4.79 Å². The van der Waals surface area contributed by atoms with E-state index >= 15 is 0 Å². The molecule has 0 radical (unpaired) electrons. The largest absolute Gasteiger partial charge is 0.290 e. The second-order valence-electron chi connectivity index (χ2n) is 4.92. The zero-order valence-corrected chi connectivity index (χ0v) is 11.5. The van der Waals surface area contributed by atoms with Crippen molar-refractivity contribution in [3.63, 3.8) is 0 Å². The van der Waals surface area contributed by atoms with Crippen molar-refractivity contribution in [1.29, 1.82) is 0 Å². The van der Waals surface area contributed by atoms with E-state index in [1.807, 2.05) is 37.3 Å². The van der Waals surface area contributed by atoms with Crippen molar-refractivity contribution in [3.05, 3.63) is 89.0 Å². The number of hydrogen-bond donors (Lipinski definition) is 0. The predicted octanol–water partition coefficient (Wildman–Crippen LogP) is 4.19. The van der Waals surface area contributed by atoms with Crippen LogP contribution < -0.4 is 0 Å². The zero-order valence-electron chi connectivity index (χ0n) is 11.5. The van der Waals surface area contributed by atoms with Crippen molar-refractivity contribution in [3.8, 4) is 0 Å². The molecule has 0 aromatic heterocycles. The standard InChI is InChI=1S/C19H16O/c1-2-8-18(20)17-13-15-11-6-7-12-16(15)19(17)14-9-4-3-5-10-14/h2-12H,13H2,1H3/b8-2+. The van der Waals surface area contributed by atoms with E-state index in [4.69, 9.17) is 0 Å². The maximum atomic E-state index is 12.4. The molecule has 0 saturated carbocycles. The van der Waals surface area contributed by atoms with E-state index in [1.165, 1.54) is 11.1 Å². The molecule has 1 nitrogen and oxygen atoms in total. The molecule has 2 aromatic rings. The van der Waals surface area contributed by atoms with Gasteiger partial charge in [-0.3, -0.25) is 4.79 Å². The average Bonchev–Trinajstić information content (AvgIpc) is 2.88. The Kier molecular flexibility index (Phi) is 3.34. The number of ketones is 1. The fourth-order valence-corrected chi connectivity index (χ4v) is 2.76. The van der Waals surface area contributed by atoms with Crippen molar-refractivity contribution in [1.82, 2.24) is 0 Å². The number of carbonyl (C=O) groups excluding carboxylic acids is 1. The summed E-state index contributed by atoms with van der Waals surface area (Å²) in [4.78, 5) is 12.4. The number of rotatable bonds is 3. The second kappa shape index (κ2) is 5.30. The minimum Gasteiger partial charge on any atom is -0.290 e. The van der Waals surface area contributed by atoms with Crippen LogP contribution in [0.1, 0.15) is 23.6 Å². The van der Waals surface area contributed by atoms with E-state index in [0.29, 0.717) is 0 Å². The molecule has 0 bridgehead atoms. The van der Waals surface area contributed by atoms with Gasteiger partial charge in [0.2, 0.25) is 0 Å². The van der Waals surface area contributed by atoms with Crippen LogP contribution >= 0.6 is 0 Å². The van der Waals surface area contributed by atoms with Gasteiger partial charge in [0.05, 0.1) is 0 Å². The molecule has 0 fully saturated rings. The molecular weight excluding hydrogens is 244 g/mol. The molecule has 20 heavy (non-hydrogen) atoms. The first-order valence-corrected chi connectivity index (χ1v) is 6.85. The lowest BCUT2D eigenvalue weighted by Gasteiger charge is -2.07. The SMILES string of the molecule is C/C=C/C(=O)C1=C(c2ccccc2)c2ccccc2C1. The molecule has 0 amide bonds. The van der Waals surface area contributed by atoms with Gasteiger partial charge in [-0.25, -0.2) is 0 Å². The normalized spacial score (nSPS) is 13.8. The Morgan fingerprint density at radius 3 is 2.45 bits per heavy atom. The maximum absolute atomic E-state index is 12.4. The van der Waals surface area contributed by atoms with Crippen molar-refractivity contribution in [2.75, 3.05) is 0 Å². The lowest BCUT2D eigenvalue weighted by Crippen LogP contribution is -2.00. The molecule has 1 aliphatic rings. The number of carbonyl (C=O) groups is 1. The Morgan fingerprint density at radius 1 is 1.00 bits per heavy atom. The van der Waals surface area contributed by atoms with Crippen molar-refractivity contribution < 1.29 is 4.79 Å². The van der Waals surface area contributed by atoms with E-state index in [-0.39, 0.29) is 5.78 Å². The Hall–Kier alpha value is -2.41. The highest BCUT2D eigenvalue weighted by atomic mass is 16.1. The molecule has 1 aliphatic carbocycles. The molecule has 0 unspecified atom stereocenters. The fraction of sp³-hybridized carbons (Fsp3) is 0.105. The lowest BCUT2D eigenvalue weighted by molar-refractivity contribution is -0.111. The summed E-state index contributed by atoms with van der Waals surface area (Å²) in [6.45, 7) is 1.88. The summed E-state index contributed by atoms with van der Waals surface area (Å²) in [6, 6.07) is 18.4. The summed E-state index contributed by atoms with van der Waals surface area (Å²) in [5.41, 5.74) is 5.52. The minimum absolute atomic E-state index is 0.113. The van der Waals surface area contributed by atoms with E-state index in [2.05, 4.69) is 24.3 Å². The number of hydrogen-bond acceptors (Lipinski definition) is 1. The van der Waals surface area contributed by atoms with Gasteiger partial charge in [-0.15, -0.1) is 0 Å². The third-order valence-corrected chi connectivity index (χ3v) is 3.63. The quantitative estimate of drug-likeness (QED) is 0.756. The molecule has 98 valence electrons. The summed E-state index contributed by atoms with van der Waals surface area (Å²) in [5.74, 6) is 0.113. The van der Waals surface area contributed by atoms with Crippen LogP contribution in [0.15, 0.2) is 72.3 Å². The van der Waals surface area contributed by atoms with E-state index in [0.717, 1.165) is 23.1 Å². The first kappa shape index (κ1) is 12.6. The number of fused-ring (bicyclic) bond motifs is 1. The maximum Gasteiger partial charge on any atom is 0.182 e. The van der Waals surface area contributed by atoms with Crippen LogP contribution in [0.3, 0.4) is 0 Å². The van der Waals surface area contributed by atoms with Gasteiger partial charge in [-0.2, -0.15) is 0 Å². The molecule has 2 aromatic carbocycles. The van der Waals surface area contributed by atoms with Crippen LogP contribution in [0.5, 0.6) is 0 Å². The van der Waals surface area contributed by atoms with Gasteiger partial charge < -0.3 is 0 Å². The minimum atomic E-state index is 0.113. The summed E-state index contributed by atoms with van der Waals surface area (Å²) in [6.07, 6.45) is 4.19. The van der Waals surface area contributed by atoms with Gasteiger partial charge in [-0.05, 0) is 35.3 Å². The second-order valence-corrected chi connectivity index (χ2v) is 4.92. The van der Waals surface area contributed by atoms with Crippen LogP contribution in [-0.2, 0) is 11.2 Å². The van der Waals surface area contributed by atoms with E-state index in [1.54, 1.807) is 12.2 Å². The third-order valence-electron chi connectivity index (χ3n) is 3.63. The molecule has 0 aliphatic heterocycles. The van der Waals surface area contributed by atoms with Gasteiger partial charge >= 0.3 is 0 Å². The predicted molar refractivity (Wildman–Crippen MR) is 82.4 cm³/mol. The molecular formula is C19H16O. The van der Waals surface area contributed by atoms with Crippen LogP contribution in [0.4, 0.5) is 0 Å². The van der Waals surface area contributed by atoms with Crippen LogP contribution in [0.2, 0.25) is 0 Å². The van der Waals surface area contributed by atoms with Gasteiger partial charge in [0.15, 0.2) is 5.78 Å². The number of benzene rings is 2. The first-order valence-electron chi connectivity index (χ1n) is 6.85. The molecule has 0 N–H and O–H groups in total. The summed E-state index contributed by atoms with van der Waals surface area (Å²) < 4.78 is 0. The summed E-state index contributed by atoms with van der Waals surface area (Å²) in [7, 11) is 0. The Bertz CT molecular complexity index is 706. The Balaban J connectivity index is 2.20. The third kappa shape index (κ3) is 2.12. The average molecular weight is 260 g/mol. The smallest absolute Gasteiger partial charge is 0.182 e. The molecule has 0 spiro atoms. The molecule has 3 rings (SSSR count). The van der Waals surface area contributed by atoms with E-state index < -0.39 is 0 Å². The first-order chi connectivity index (χ1) is 9.81. The van der Waals surface area contributed by atoms with Crippen LogP contribution in [0.25, 0.3) is 5.57 Å².